The van der Waals surface area contributed by atoms with Crippen molar-refractivity contribution in [3.63, 3.8) is 0 Å². The molecule has 0 aliphatic heterocycles. The largest absolute Gasteiger partial charge is 0.399 e. The van der Waals surface area contributed by atoms with Gasteiger partial charge in [0.25, 0.3) is 0 Å². The maximum Gasteiger partial charge on any atom is 0.0341 e. The first-order chi connectivity index (χ1) is 18.9. The van der Waals surface area contributed by atoms with Gasteiger partial charge in [0, 0.05) is 29.9 Å². The van der Waals surface area contributed by atoms with Crippen LogP contribution in [0.5, 0.6) is 0 Å². The molecule has 0 heterocycles. The van der Waals surface area contributed by atoms with Gasteiger partial charge in [0.15, 0.2) is 0 Å². The summed E-state index contributed by atoms with van der Waals surface area (Å²) in [5.74, 6) is 0.951. The lowest BCUT2D eigenvalue weighted by atomic mass is 9.51. The molecule has 2 aromatic carbocycles. The Balaban J connectivity index is 1.52. The first kappa shape index (κ1) is 28.0. The van der Waals surface area contributed by atoms with Crippen LogP contribution in [0.25, 0.3) is 22.4 Å². The summed E-state index contributed by atoms with van der Waals surface area (Å²) in [6.45, 7) is 26.5. The lowest BCUT2D eigenvalue weighted by Gasteiger charge is -2.53. The smallest absolute Gasteiger partial charge is 0.0341 e. The Morgan fingerprint density at radius 3 is 2.45 bits per heavy atom. The van der Waals surface area contributed by atoms with Crippen LogP contribution in [0.2, 0.25) is 0 Å². The van der Waals surface area contributed by atoms with Gasteiger partial charge in [0.1, 0.15) is 0 Å². The van der Waals surface area contributed by atoms with Crippen molar-refractivity contribution in [2.75, 3.05) is 27.2 Å². The van der Waals surface area contributed by atoms with Crippen LogP contribution >= 0.6 is 0 Å². The van der Waals surface area contributed by atoms with E-state index in [9.17, 15) is 0 Å². The number of nitrogens with one attached hydrogen (secondary N) is 1. The van der Waals surface area contributed by atoms with Crippen LogP contribution < -0.4 is 11.1 Å². The van der Waals surface area contributed by atoms with Crippen molar-refractivity contribution < 1.29 is 0 Å². The molecule has 0 aromatic heterocycles. The average molecular weight is 532 g/mol. The molecule has 1 unspecified atom stereocenters. The number of hydrogen-bond donors (Lipinski definition) is 2. The van der Waals surface area contributed by atoms with Crippen LogP contribution in [0.3, 0.4) is 0 Å². The molecule has 0 bridgehead atoms. The fraction of sp³-hybridized carbons (Fsp3) is 0.351. The summed E-state index contributed by atoms with van der Waals surface area (Å²) in [5, 5.41) is 3.49. The molecule has 3 N–H and O–H groups in total. The predicted octanol–water partition coefficient (Wildman–Crippen LogP) is 7.75. The van der Waals surface area contributed by atoms with E-state index in [0.717, 1.165) is 54.8 Å². The molecule has 0 saturated carbocycles. The van der Waals surface area contributed by atoms with Gasteiger partial charge in [-0.25, -0.2) is 0 Å². The molecule has 0 radical (unpaired) electrons. The second kappa shape index (κ2) is 10.4. The summed E-state index contributed by atoms with van der Waals surface area (Å²) in [5.41, 5.74) is 21.6. The number of fused-ring (bicyclic) bond motifs is 3. The van der Waals surface area contributed by atoms with Crippen molar-refractivity contribution in [1.29, 1.82) is 0 Å². The van der Waals surface area contributed by atoms with Gasteiger partial charge in [-0.3, -0.25) is 0 Å². The molecular weight excluding hydrogens is 486 g/mol. The van der Waals surface area contributed by atoms with Crippen molar-refractivity contribution in [2.45, 2.75) is 40.0 Å². The van der Waals surface area contributed by atoms with Crippen molar-refractivity contribution in [3.05, 3.63) is 119 Å². The van der Waals surface area contributed by atoms with Gasteiger partial charge < -0.3 is 16.0 Å². The molecule has 5 rings (SSSR count). The maximum atomic E-state index is 6.28. The van der Waals surface area contributed by atoms with Crippen LogP contribution in [0.15, 0.2) is 102 Å². The second-order valence-electron chi connectivity index (χ2n) is 12.5. The monoisotopic (exact) mass is 531 g/mol. The Morgan fingerprint density at radius 1 is 1.05 bits per heavy atom. The second-order valence-corrected chi connectivity index (χ2v) is 12.5. The van der Waals surface area contributed by atoms with E-state index < -0.39 is 0 Å². The normalized spacial score (nSPS) is 24.1. The zero-order chi connectivity index (χ0) is 28.9. The minimum Gasteiger partial charge on any atom is -0.399 e. The standard InChI is InChI=1S/C37H45N3/c1-22-18-31-20-30-21-34-32(23(2)36(30)25(4)37(31,7)24(3)35(22)26(5)38)14-11-15-33(34)29-13-10-12-28(19-29)27(6)39-16-17-40(8)9/h10-15,19,30-31,39H,2-3,5-6,16-18,20-21,38H2,1,4,7-9H3/t30?,31-,37+/m1/s1. The number of nitrogens with zero attached hydrogens (tertiary/aromatic N) is 1. The number of hydrogen-bond acceptors (Lipinski definition) is 3. The van der Waals surface area contributed by atoms with Crippen molar-refractivity contribution >= 4 is 11.3 Å². The molecule has 0 saturated heterocycles. The quantitative estimate of drug-likeness (QED) is 0.384. The molecular formula is C37H45N3. The molecule has 3 nitrogen and oxygen atoms in total. The Kier molecular flexibility index (Phi) is 7.31. The summed E-state index contributed by atoms with van der Waals surface area (Å²) in [6.07, 6.45) is 3.19. The molecule has 3 aliphatic rings. The number of likely N-dealkylation sites (N-methyl/N-ethyl adjacent to an activating group) is 1. The van der Waals surface area contributed by atoms with E-state index in [2.05, 4.69) is 107 Å². The van der Waals surface area contributed by atoms with Gasteiger partial charge in [-0.2, -0.15) is 0 Å². The first-order valence-corrected chi connectivity index (χ1v) is 14.5. The molecule has 0 amide bonds. The van der Waals surface area contributed by atoms with Gasteiger partial charge in [-0.05, 0) is 115 Å². The minimum atomic E-state index is -0.130. The Labute approximate surface area is 241 Å². The zero-order valence-corrected chi connectivity index (χ0v) is 25.1. The molecule has 3 atom stereocenters. The molecule has 3 heteroatoms. The summed E-state index contributed by atoms with van der Waals surface area (Å²) < 4.78 is 0. The summed E-state index contributed by atoms with van der Waals surface area (Å²) in [4.78, 5) is 2.17. The van der Waals surface area contributed by atoms with E-state index in [1.54, 1.807) is 0 Å². The number of rotatable bonds is 7. The highest BCUT2D eigenvalue weighted by Crippen LogP contribution is 2.61. The van der Waals surface area contributed by atoms with E-state index in [4.69, 9.17) is 12.3 Å². The first-order valence-electron chi connectivity index (χ1n) is 14.5. The molecule has 0 fully saturated rings. The Morgan fingerprint density at radius 2 is 1.75 bits per heavy atom. The Hall–Kier alpha value is -3.56. The zero-order valence-electron chi connectivity index (χ0n) is 25.1. The topological polar surface area (TPSA) is 41.3 Å². The van der Waals surface area contributed by atoms with E-state index in [-0.39, 0.29) is 5.41 Å². The highest BCUT2D eigenvalue weighted by molar-refractivity contribution is 5.88. The third kappa shape index (κ3) is 4.51. The summed E-state index contributed by atoms with van der Waals surface area (Å²) in [7, 11) is 4.17. The van der Waals surface area contributed by atoms with Crippen LogP contribution in [-0.2, 0) is 6.42 Å². The fourth-order valence-corrected chi connectivity index (χ4v) is 7.62. The van der Waals surface area contributed by atoms with E-state index in [0.29, 0.717) is 17.5 Å². The lowest BCUT2D eigenvalue weighted by molar-refractivity contribution is 0.208. The summed E-state index contributed by atoms with van der Waals surface area (Å²) >= 11 is 0. The third-order valence-electron chi connectivity index (χ3n) is 9.90. The highest BCUT2D eigenvalue weighted by Gasteiger charge is 2.50. The number of benzene rings is 2. The average Bonchev–Trinajstić information content (AvgIpc) is 2.90. The molecule has 208 valence electrons. The van der Waals surface area contributed by atoms with Crippen molar-refractivity contribution in [2.24, 2.45) is 23.0 Å². The Bertz CT molecular complexity index is 1500. The summed E-state index contributed by atoms with van der Waals surface area (Å²) in [6, 6.07) is 15.5. The molecule has 0 spiro atoms. The minimum absolute atomic E-state index is 0.130. The fourth-order valence-electron chi connectivity index (χ4n) is 7.62. The lowest BCUT2D eigenvalue weighted by Crippen LogP contribution is -2.42. The van der Waals surface area contributed by atoms with E-state index >= 15 is 0 Å². The molecule has 40 heavy (non-hydrogen) atoms. The SMILES string of the molecule is C=C(N)C1=C(C)C[C@@H]2CC3Cc4c(cccc4-c4cccc(C(=C)NCCN(C)C)c4)C(=C)C3=C(C)[C@]2(C)C1=C. The van der Waals surface area contributed by atoms with Crippen LogP contribution in [0.4, 0.5) is 0 Å². The third-order valence-corrected chi connectivity index (χ3v) is 9.90. The maximum absolute atomic E-state index is 6.28. The number of allylic oxidation sites excluding steroid dienone is 5. The molecule has 3 aliphatic carbocycles. The van der Waals surface area contributed by atoms with Gasteiger partial charge in [0.2, 0.25) is 0 Å². The van der Waals surface area contributed by atoms with Crippen molar-refractivity contribution in [3.8, 4) is 11.1 Å². The number of nitrogens with two attached hydrogens (primary N) is 1. The van der Waals surface area contributed by atoms with Gasteiger partial charge >= 0.3 is 0 Å². The molecule has 2 aromatic rings. The van der Waals surface area contributed by atoms with Crippen molar-refractivity contribution in [1.82, 2.24) is 10.2 Å². The van der Waals surface area contributed by atoms with E-state index in [1.165, 1.54) is 44.5 Å². The predicted molar refractivity (Wildman–Crippen MR) is 172 cm³/mol. The van der Waals surface area contributed by atoms with Crippen LogP contribution in [0.1, 0.15) is 50.3 Å². The van der Waals surface area contributed by atoms with Gasteiger partial charge in [0.05, 0.1) is 0 Å². The highest BCUT2D eigenvalue weighted by atomic mass is 15.1. The van der Waals surface area contributed by atoms with E-state index in [1.807, 2.05) is 0 Å². The van der Waals surface area contributed by atoms with Crippen LogP contribution in [0, 0.1) is 17.3 Å². The van der Waals surface area contributed by atoms with Crippen LogP contribution in [-0.4, -0.2) is 32.1 Å². The van der Waals surface area contributed by atoms with Gasteiger partial charge in [-0.1, -0.05) is 80.8 Å². The van der Waals surface area contributed by atoms with Gasteiger partial charge in [-0.15, -0.1) is 0 Å².